The molecular weight excluding hydrogens is 386 g/mol. The summed E-state index contributed by atoms with van der Waals surface area (Å²) in [6.45, 7) is 1.92. The van der Waals surface area contributed by atoms with Crippen LogP contribution in [0, 0.1) is 0 Å². The van der Waals surface area contributed by atoms with Crippen molar-refractivity contribution in [2.75, 3.05) is 19.5 Å². The molecule has 1 aromatic carbocycles. The molecule has 0 fully saturated rings. The fraction of sp³-hybridized carbons (Fsp3) is 0.389. The number of nitrogens with zero attached hydrogens (tertiary/aromatic N) is 1. The molecular formula is C18H21N3O4S2. The molecule has 0 aliphatic carbocycles. The summed E-state index contributed by atoms with van der Waals surface area (Å²) in [6.07, 6.45) is 0.588. The highest BCUT2D eigenvalue weighted by atomic mass is 32.2. The molecule has 1 aliphatic heterocycles. The summed E-state index contributed by atoms with van der Waals surface area (Å²) in [5.74, 6) is 2.41. The van der Waals surface area contributed by atoms with Crippen molar-refractivity contribution in [2.45, 2.75) is 35.3 Å². The number of aromatic amines is 1. The van der Waals surface area contributed by atoms with Gasteiger partial charge in [-0.1, -0.05) is 18.7 Å². The second kappa shape index (κ2) is 8.71. The van der Waals surface area contributed by atoms with E-state index >= 15 is 0 Å². The topological polar surface area (TPSA) is 93.3 Å². The van der Waals surface area contributed by atoms with Crippen molar-refractivity contribution >= 4 is 35.1 Å². The molecule has 2 N–H and O–H groups in total. The molecule has 1 amide bonds. The molecule has 0 saturated carbocycles. The highest BCUT2D eigenvalue weighted by Crippen LogP contribution is 2.31. The molecule has 0 bridgehead atoms. The number of ether oxygens (including phenoxy) is 2. The van der Waals surface area contributed by atoms with Gasteiger partial charge in [-0.3, -0.25) is 9.59 Å². The van der Waals surface area contributed by atoms with Crippen LogP contribution in [0.25, 0.3) is 0 Å². The molecule has 144 valence electrons. The molecule has 0 radical (unpaired) electrons. The molecule has 0 saturated heterocycles. The van der Waals surface area contributed by atoms with Gasteiger partial charge in [-0.25, -0.2) is 4.98 Å². The average molecular weight is 408 g/mol. The summed E-state index contributed by atoms with van der Waals surface area (Å²) in [7, 11) is 3.10. The second-order valence-corrected chi connectivity index (χ2v) is 8.04. The molecule has 27 heavy (non-hydrogen) atoms. The average Bonchev–Trinajstić information content (AvgIpc) is 3.15. The van der Waals surface area contributed by atoms with Crippen LogP contribution in [0.5, 0.6) is 11.5 Å². The van der Waals surface area contributed by atoms with Crippen LogP contribution in [-0.4, -0.2) is 35.3 Å². The van der Waals surface area contributed by atoms with Gasteiger partial charge in [0.15, 0.2) is 5.16 Å². The van der Waals surface area contributed by atoms with Crippen LogP contribution < -0.4 is 20.3 Å². The smallest absolute Gasteiger partial charge is 0.255 e. The summed E-state index contributed by atoms with van der Waals surface area (Å²) in [5, 5.41) is 2.97. The number of rotatable bonds is 7. The maximum atomic E-state index is 12.7. The quantitative estimate of drug-likeness (QED) is 0.538. The summed E-state index contributed by atoms with van der Waals surface area (Å²) < 4.78 is 10.5. The number of hydrogen-bond donors (Lipinski definition) is 2. The SMILES string of the molecule is CCC(Sc1nc2c(c(=O)[nH]1)CSC2)C(=O)Nc1ccc(OC)cc1OC. The van der Waals surface area contributed by atoms with Crippen molar-refractivity contribution in [2.24, 2.45) is 0 Å². The number of anilines is 1. The van der Waals surface area contributed by atoms with Gasteiger partial charge in [0, 0.05) is 23.1 Å². The van der Waals surface area contributed by atoms with Gasteiger partial charge in [-0.05, 0) is 18.6 Å². The largest absolute Gasteiger partial charge is 0.497 e. The van der Waals surface area contributed by atoms with E-state index in [1.807, 2.05) is 6.92 Å². The van der Waals surface area contributed by atoms with E-state index < -0.39 is 5.25 Å². The van der Waals surface area contributed by atoms with Gasteiger partial charge in [0.25, 0.3) is 5.56 Å². The Morgan fingerprint density at radius 2 is 2.19 bits per heavy atom. The Morgan fingerprint density at radius 3 is 2.89 bits per heavy atom. The Balaban J connectivity index is 1.75. The first kappa shape index (κ1) is 19.6. The number of thioether (sulfide) groups is 2. The molecule has 1 atom stereocenters. The summed E-state index contributed by atoms with van der Waals surface area (Å²) in [5.41, 5.74) is 2.01. The summed E-state index contributed by atoms with van der Waals surface area (Å²) >= 11 is 2.93. The van der Waals surface area contributed by atoms with Gasteiger partial charge in [0.2, 0.25) is 5.91 Å². The zero-order valence-electron chi connectivity index (χ0n) is 15.3. The van der Waals surface area contributed by atoms with E-state index in [-0.39, 0.29) is 11.5 Å². The molecule has 3 rings (SSSR count). The minimum Gasteiger partial charge on any atom is -0.497 e. The van der Waals surface area contributed by atoms with Gasteiger partial charge >= 0.3 is 0 Å². The lowest BCUT2D eigenvalue weighted by atomic mass is 10.2. The number of nitrogens with one attached hydrogen (secondary N) is 2. The number of carbonyl (C=O) groups is 1. The zero-order valence-corrected chi connectivity index (χ0v) is 17.0. The molecule has 2 heterocycles. The Morgan fingerprint density at radius 1 is 1.37 bits per heavy atom. The molecule has 1 aromatic heterocycles. The summed E-state index contributed by atoms with van der Waals surface area (Å²) in [6, 6.07) is 5.20. The maximum Gasteiger partial charge on any atom is 0.255 e. The third-order valence-corrected chi connectivity index (χ3v) is 6.37. The second-order valence-electron chi connectivity index (χ2n) is 5.86. The van der Waals surface area contributed by atoms with E-state index in [4.69, 9.17) is 9.47 Å². The third-order valence-electron chi connectivity index (χ3n) is 4.15. The first-order chi connectivity index (χ1) is 13.0. The molecule has 1 aliphatic rings. The monoisotopic (exact) mass is 407 g/mol. The highest BCUT2D eigenvalue weighted by Gasteiger charge is 2.23. The van der Waals surface area contributed by atoms with Crippen LogP contribution in [0.3, 0.4) is 0 Å². The minimum absolute atomic E-state index is 0.111. The summed E-state index contributed by atoms with van der Waals surface area (Å²) in [4.78, 5) is 32.2. The normalized spacial score (nSPS) is 13.7. The van der Waals surface area contributed by atoms with Crippen LogP contribution in [0.4, 0.5) is 5.69 Å². The van der Waals surface area contributed by atoms with Crippen molar-refractivity contribution in [1.82, 2.24) is 9.97 Å². The maximum absolute atomic E-state index is 12.7. The van der Waals surface area contributed by atoms with Gasteiger partial charge in [-0.2, -0.15) is 11.8 Å². The van der Waals surface area contributed by atoms with Gasteiger partial charge < -0.3 is 19.8 Å². The minimum atomic E-state index is -0.396. The molecule has 0 spiro atoms. The number of methoxy groups -OCH3 is 2. The number of benzene rings is 1. The van der Waals surface area contributed by atoms with E-state index in [0.29, 0.717) is 34.5 Å². The Kier molecular flexibility index (Phi) is 6.33. The predicted molar refractivity (Wildman–Crippen MR) is 108 cm³/mol. The zero-order chi connectivity index (χ0) is 19.4. The fourth-order valence-electron chi connectivity index (χ4n) is 2.67. The van der Waals surface area contributed by atoms with E-state index in [9.17, 15) is 9.59 Å². The van der Waals surface area contributed by atoms with Crippen molar-refractivity contribution < 1.29 is 14.3 Å². The molecule has 2 aromatic rings. The van der Waals surface area contributed by atoms with Crippen molar-refractivity contribution in [3.8, 4) is 11.5 Å². The van der Waals surface area contributed by atoms with Gasteiger partial charge in [0.05, 0.1) is 30.9 Å². The van der Waals surface area contributed by atoms with Gasteiger partial charge in [0.1, 0.15) is 11.5 Å². The number of amides is 1. The first-order valence-electron chi connectivity index (χ1n) is 8.45. The lowest BCUT2D eigenvalue weighted by Crippen LogP contribution is -2.26. The van der Waals surface area contributed by atoms with Crippen LogP contribution in [0.1, 0.15) is 24.6 Å². The van der Waals surface area contributed by atoms with E-state index in [0.717, 1.165) is 17.0 Å². The Labute approximate surface area is 165 Å². The number of aromatic nitrogens is 2. The van der Waals surface area contributed by atoms with E-state index in [2.05, 4.69) is 15.3 Å². The van der Waals surface area contributed by atoms with Crippen LogP contribution in [-0.2, 0) is 16.3 Å². The van der Waals surface area contributed by atoms with Crippen LogP contribution in [0.2, 0.25) is 0 Å². The third kappa shape index (κ3) is 4.41. The van der Waals surface area contributed by atoms with Crippen LogP contribution >= 0.6 is 23.5 Å². The predicted octanol–water partition coefficient (Wildman–Crippen LogP) is 3.04. The Bertz CT molecular complexity index is 901. The Hall–Kier alpha value is -2.13. The lowest BCUT2D eigenvalue weighted by Gasteiger charge is -2.16. The number of H-pyrrole nitrogens is 1. The van der Waals surface area contributed by atoms with E-state index in [1.54, 1.807) is 37.1 Å². The van der Waals surface area contributed by atoms with Gasteiger partial charge in [-0.15, -0.1) is 0 Å². The molecule has 9 heteroatoms. The van der Waals surface area contributed by atoms with Crippen LogP contribution in [0.15, 0.2) is 28.2 Å². The highest BCUT2D eigenvalue weighted by molar-refractivity contribution is 8.00. The van der Waals surface area contributed by atoms with Crippen molar-refractivity contribution in [1.29, 1.82) is 0 Å². The first-order valence-corrected chi connectivity index (χ1v) is 10.5. The number of carbonyl (C=O) groups excluding carboxylic acids is 1. The number of fused-ring (bicyclic) bond motifs is 1. The lowest BCUT2D eigenvalue weighted by molar-refractivity contribution is -0.115. The van der Waals surface area contributed by atoms with Crippen molar-refractivity contribution in [3.05, 3.63) is 39.8 Å². The van der Waals surface area contributed by atoms with Crippen molar-refractivity contribution in [3.63, 3.8) is 0 Å². The van der Waals surface area contributed by atoms with E-state index in [1.165, 1.54) is 18.9 Å². The molecule has 7 nitrogen and oxygen atoms in total. The molecule has 1 unspecified atom stereocenters. The standard InChI is InChI=1S/C18H21N3O4S2/c1-4-15(27-18-20-13-9-26-8-11(13)16(22)21-18)17(23)19-12-6-5-10(24-2)7-14(12)25-3/h5-7,15H,4,8-9H2,1-3H3,(H,19,23)(H,20,21,22). The fourth-order valence-corrected chi connectivity index (χ4v) is 4.62. The number of hydrogen-bond acceptors (Lipinski definition) is 7.